The summed E-state index contributed by atoms with van der Waals surface area (Å²) in [7, 11) is 0. The zero-order chi connectivity index (χ0) is 8.55. The molecule has 0 bridgehead atoms. The maximum atomic E-state index is 5.69. The van der Waals surface area contributed by atoms with E-state index in [1.165, 1.54) is 11.1 Å². The van der Waals surface area contributed by atoms with Crippen LogP contribution in [-0.4, -0.2) is 0 Å². The van der Waals surface area contributed by atoms with Crippen molar-refractivity contribution >= 4 is 6.08 Å². The Kier molecular flexibility index (Phi) is 1.54. The first-order chi connectivity index (χ1) is 5.77. The van der Waals surface area contributed by atoms with E-state index in [9.17, 15) is 0 Å². The van der Waals surface area contributed by atoms with Crippen molar-refractivity contribution in [3.05, 3.63) is 41.2 Å². The maximum absolute atomic E-state index is 5.69. The molecule has 12 heavy (non-hydrogen) atoms. The third kappa shape index (κ3) is 1.05. The van der Waals surface area contributed by atoms with E-state index in [4.69, 9.17) is 5.73 Å². The van der Waals surface area contributed by atoms with Gasteiger partial charge >= 0.3 is 0 Å². The summed E-state index contributed by atoms with van der Waals surface area (Å²) >= 11 is 0. The number of nitrogens with two attached hydrogens (primary N) is 1. The molecular weight excluding hydrogens is 148 g/mol. The van der Waals surface area contributed by atoms with Crippen molar-refractivity contribution < 1.29 is 0 Å². The molecule has 3 N–H and O–H groups in total. The van der Waals surface area contributed by atoms with Gasteiger partial charge in [-0.1, -0.05) is 24.3 Å². The number of fused-ring (bicyclic) bond motifs is 1. The average molecular weight is 160 g/mol. The van der Waals surface area contributed by atoms with Crippen LogP contribution in [0.4, 0.5) is 0 Å². The molecule has 2 rings (SSSR count). The summed E-state index contributed by atoms with van der Waals surface area (Å²) in [5.74, 6) is 0.751. The van der Waals surface area contributed by atoms with Gasteiger partial charge in [-0.05, 0) is 24.1 Å². The molecule has 1 aliphatic heterocycles. The van der Waals surface area contributed by atoms with Gasteiger partial charge in [0.15, 0.2) is 0 Å². The molecular formula is C10H12N2. The minimum atomic E-state index is 0.325. The monoisotopic (exact) mass is 160 g/mol. The fraction of sp³-hybridized carbons (Fsp3) is 0.200. The summed E-state index contributed by atoms with van der Waals surface area (Å²) in [5.41, 5.74) is 8.23. The van der Waals surface area contributed by atoms with Crippen molar-refractivity contribution in [2.45, 2.75) is 13.0 Å². The summed E-state index contributed by atoms with van der Waals surface area (Å²) in [4.78, 5) is 0. The molecule has 0 radical (unpaired) electrons. The van der Waals surface area contributed by atoms with E-state index in [0.29, 0.717) is 6.04 Å². The number of benzene rings is 1. The van der Waals surface area contributed by atoms with E-state index in [0.717, 1.165) is 5.82 Å². The van der Waals surface area contributed by atoms with E-state index in [2.05, 4.69) is 24.4 Å². The molecule has 0 fully saturated rings. The van der Waals surface area contributed by atoms with Crippen LogP contribution in [0.2, 0.25) is 0 Å². The minimum absolute atomic E-state index is 0.325. The molecule has 0 saturated carbocycles. The largest absolute Gasteiger partial charge is 0.386 e. The quantitative estimate of drug-likeness (QED) is 0.605. The SMILES string of the molecule is CC1NC(N)=Cc2ccccc21. The summed E-state index contributed by atoms with van der Waals surface area (Å²) in [6.45, 7) is 2.11. The highest BCUT2D eigenvalue weighted by atomic mass is 15.0. The Bertz CT molecular complexity index is 328. The molecule has 2 heteroatoms. The lowest BCUT2D eigenvalue weighted by Gasteiger charge is -2.22. The predicted octanol–water partition coefficient (Wildman–Crippen LogP) is 1.61. The Hall–Kier alpha value is -1.44. The standard InChI is InChI=1S/C10H12N2/c1-7-9-5-3-2-4-8(9)6-10(11)12-7/h2-7,12H,11H2,1H3. The Morgan fingerprint density at radius 3 is 2.92 bits per heavy atom. The summed E-state index contributed by atoms with van der Waals surface area (Å²) in [6, 6.07) is 8.61. The summed E-state index contributed by atoms with van der Waals surface area (Å²) in [6.07, 6.45) is 1.97. The van der Waals surface area contributed by atoms with Gasteiger partial charge in [-0.2, -0.15) is 0 Å². The van der Waals surface area contributed by atoms with Crippen LogP contribution in [0.1, 0.15) is 24.1 Å². The first-order valence-electron chi connectivity index (χ1n) is 4.10. The van der Waals surface area contributed by atoms with Crippen molar-refractivity contribution in [2.24, 2.45) is 5.73 Å². The Labute approximate surface area is 72.1 Å². The van der Waals surface area contributed by atoms with E-state index in [-0.39, 0.29) is 0 Å². The molecule has 1 aromatic rings. The summed E-state index contributed by atoms with van der Waals surface area (Å²) in [5, 5.41) is 3.17. The smallest absolute Gasteiger partial charge is 0.0970 e. The highest BCUT2D eigenvalue weighted by Crippen LogP contribution is 2.23. The van der Waals surface area contributed by atoms with Gasteiger partial charge in [0, 0.05) is 0 Å². The van der Waals surface area contributed by atoms with Crippen molar-refractivity contribution in [3.8, 4) is 0 Å². The van der Waals surface area contributed by atoms with Gasteiger partial charge in [0.25, 0.3) is 0 Å². The number of hydrogen-bond donors (Lipinski definition) is 2. The number of rotatable bonds is 0. The lowest BCUT2D eigenvalue weighted by molar-refractivity contribution is 0.640. The Balaban J connectivity index is 2.55. The van der Waals surface area contributed by atoms with Crippen LogP contribution in [0.25, 0.3) is 6.08 Å². The molecule has 1 aromatic carbocycles. The topological polar surface area (TPSA) is 38.0 Å². The van der Waals surface area contributed by atoms with Crippen LogP contribution in [0.15, 0.2) is 30.1 Å². The second-order valence-corrected chi connectivity index (χ2v) is 3.09. The van der Waals surface area contributed by atoms with Gasteiger partial charge in [0.1, 0.15) is 0 Å². The van der Waals surface area contributed by atoms with Crippen LogP contribution < -0.4 is 11.1 Å². The summed E-state index contributed by atoms with van der Waals surface area (Å²) < 4.78 is 0. The highest BCUT2D eigenvalue weighted by Gasteiger charge is 2.13. The first kappa shape index (κ1) is 7.22. The highest BCUT2D eigenvalue weighted by molar-refractivity contribution is 5.59. The van der Waals surface area contributed by atoms with Crippen molar-refractivity contribution in [3.63, 3.8) is 0 Å². The molecule has 62 valence electrons. The predicted molar refractivity (Wildman–Crippen MR) is 50.2 cm³/mol. The average Bonchev–Trinajstić information content (AvgIpc) is 2.04. The van der Waals surface area contributed by atoms with Gasteiger partial charge in [-0.25, -0.2) is 0 Å². The van der Waals surface area contributed by atoms with Gasteiger partial charge in [-0.3, -0.25) is 0 Å². The molecule has 0 aliphatic carbocycles. The zero-order valence-electron chi connectivity index (χ0n) is 7.04. The van der Waals surface area contributed by atoms with Gasteiger partial charge in [-0.15, -0.1) is 0 Å². The van der Waals surface area contributed by atoms with Crippen LogP contribution in [0, 0.1) is 0 Å². The zero-order valence-corrected chi connectivity index (χ0v) is 7.04. The molecule has 0 amide bonds. The van der Waals surface area contributed by atoms with Crippen molar-refractivity contribution in [1.29, 1.82) is 0 Å². The lowest BCUT2D eigenvalue weighted by Crippen LogP contribution is -2.26. The van der Waals surface area contributed by atoms with Gasteiger partial charge in [0.2, 0.25) is 0 Å². The molecule has 1 heterocycles. The molecule has 1 unspecified atom stereocenters. The van der Waals surface area contributed by atoms with E-state index in [1.807, 2.05) is 18.2 Å². The van der Waals surface area contributed by atoms with E-state index in [1.54, 1.807) is 0 Å². The second kappa shape index (κ2) is 2.55. The first-order valence-corrected chi connectivity index (χ1v) is 4.10. The Morgan fingerprint density at radius 2 is 2.08 bits per heavy atom. The molecule has 1 aliphatic rings. The van der Waals surface area contributed by atoms with Crippen LogP contribution in [-0.2, 0) is 0 Å². The van der Waals surface area contributed by atoms with Crippen LogP contribution >= 0.6 is 0 Å². The Morgan fingerprint density at radius 1 is 1.33 bits per heavy atom. The maximum Gasteiger partial charge on any atom is 0.0970 e. The van der Waals surface area contributed by atoms with E-state index < -0.39 is 0 Å². The fourth-order valence-electron chi connectivity index (χ4n) is 1.57. The van der Waals surface area contributed by atoms with Gasteiger partial charge in [0.05, 0.1) is 11.9 Å². The second-order valence-electron chi connectivity index (χ2n) is 3.09. The van der Waals surface area contributed by atoms with Crippen molar-refractivity contribution in [1.82, 2.24) is 5.32 Å². The third-order valence-electron chi connectivity index (χ3n) is 2.16. The molecule has 2 nitrogen and oxygen atoms in total. The lowest BCUT2D eigenvalue weighted by atomic mass is 9.98. The van der Waals surface area contributed by atoms with Crippen LogP contribution in [0.5, 0.6) is 0 Å². The molecule has 1 atom stereocenters. The molecule has 0 spiro atoms. The minimum Gasteiger partial charge on any atom is -0.386 e. The molecule has 0 saturated heterocycles. The number of hydrogen-bond acceptors (Lipinski definition) is 2. The van der Waals surface area contributed by atoms with Crippen molar-refractivity contribution in [2.75, 3.05) is 0 Å². The van der Waals surface area contributed by atoms with E-state index >= 15 is 0 Å². The van der Waals surface area contributed by atoms with Crippen LogP contribution in [0.3, 0.4) is 0 Å². The third-order valence-corrected chi connectivity index (χ3v) is 2.16. The van der Waals surface area contributed by atoms with Gasteiger partial charge < -0.3 is 11.1 Å². The fourth-order valence-corrected chi connectivity index (χ4v) is 1.57. The normalized spacial score (nSPS) is 20.8. The number of nitrogens with one attached hydrogen (secondary N) is 1. The molecule has 0 aromatic heterocycles.